The van der Waals surface area contributed by atoms with Gasteiger partial charge in [0, 0.05) is 0 Å². The van der Waals surface area contributed by atoms with Gasteiger partial charge in [-0.3, -0.25) is 0 Å². The van der Waals surface area contributed by atoms with E-state index in [2.05, 4.69) is 6.92 Å². The fourth-order valence-electron chi connectivity index (χ4n) is 3.30. The van der Waals surface area contributed by atoms with Crippen LogP contribution in [0.1, 0.15) is 45.4 Å². The van der Waals surface area contributed by atoms with Gasteiger partial charge in [0.15, 0.2) is 0 Å². The van der Waals surface area contributed by atoms with Crippen LogP contribution in [-0.4, -0.2) is 17.7 Å². The van der Waals surface area contributed by atoms with Crippen molar-refractivity contribution in [2.45, 2.75) is 63.2 Å². The Labute approximate surface area is 102 Å². The van der Waals surface area contributed by atoms with E-state index in [1.54, 1.807) is 0 Å². The largest absolute Gasteiger partial charge is 0.246 e. The monoisotopic (exact) mass is 250 g/mol. The Bertz CT molecular complexity index is 214. The van der Waals surface area contributed by atoms with Gasteiger partial charge in [-0.15, -0.1) is 11.6 Å². The van der Waals surface area contributed by atoms with Crippen molar-refractivity contribution < 1.29 is 8.78 Å². The average Bonchev–Trinajstić information content (AvgIpc) is 2.26. The molecule has 0 saturated heterocycles. The summed E-state index contributed by atoms with van der Waals surface area (Å²) in [6.45, 7) is 2.27. The van der Waals surface area contributed by atoms with Crippen LogP contribution in [0.5, 0.6) is 0 Å². The third-order valence-electron chi connectivity index (χ3n) is 4.47. The van der Waals surface area contributed by atoms with Gasteiger partial charge >= 0.3 is 0 Å². The summed E-state index contributed by atoms with van der Waals surface area (Å²) in [5, 5.41) is -0.904. The Balaban J connectivity index is 1.90. The molecule has 2 rings (SSSR count). The van der Waals surface area contributed by atoms with Crippen molar-refractivity contribution >= 4 is 11.6 Å². The maximum Gasteiger partial charge on any atom is 0.120 e. The number of hydrogen-bond acceptors (Lipinski definition) is 0. The average molecular weight is 251 g/mol. The second-order valence-corrected chi connectivity index (χ2v) is 6.23. The van der Waals surface area contributed by atoms with Gasteiger partial charge in [-0.25, -0.2) is 8.78 Å². The smallest absolute Gasteiger partial charge is 0.120 e. The molecule has 0 N–H and O–H groups in total. The summed E-state index contributed by atoms with van der Waals surface area (Å²) in [4.78, 5) is 0. The molecule has 94 valence electrons. The molecule has 16 heavy (non-hydrogen) atoms. The minimum absolute atomic E-state index is 0.229. The van der Waals surface area contributed by atoms with Gasteiger partial charge in [0.05, 0.1) is 5.38 Å². The third kappa shape index (κ3) is 2.69. The number of alkyl halides is 3. The van der Waals surface area contributed by atoms with Gasteiger partial charge in [-0.1, -0.05) is 19.8 Å². The van der Waals surface area contributed by atoms with Gasteiger partial charge in [-0.05, 0) is 43.4 Å². The maximum atomic E-state index is 13.5. The van der Waals surface area contributed by atoms with Crippen LogP contribution < -0.4 is 0 Å². The summed E-state index contributed by atoms with van der Waals surface area (Å²) in [7, 11) is 0. The van der Waals surface area contributed by atoms with E-state index < -0.39 is 17.7 Å². The van der Waals surface area contributed by atoms with Crippen LogP contribution in [0, 0.1) is 17.8 Å². The Hall–Kier alpha value is 0.150. The Morgan fingerprint density at radius 3 is 1.88 bits per heavy atom. The highest BCUT2D eigenvalue weighted by molar-refractivity contribution is 6.21. The quantitative estimate of drug-likeness (QED) is 0.601. The first-order chi connectivity index (χ1) is 7.58. The summed E-state index contributed by atoms with van der Waals surface area (Å²) in [6, 6.07) is 0. The van der Waals surface area contributed by atoms with E-state index in [9.17, 15) is 8.78 Å². The number of halogens is 3. The molecule has 3 heteroatoms. The lowest BCUT2D eigenvalue weighted by Crippen LogP contribution is -2.39. The molecule has 2 atom stereocenters. The minimum atomic E-state index is -1.14. The molecule has 0 aromatic carbocycles. The molecular formula is C13H21ClF2. The molecule has 0 nitrogen and oxygen atoms in total. The van der Waals surface area contributed by atoms with E-state index >= 15 is 0 Å². The van der Waals surface area contributed by atoms with E-state index in [1.807, 2.05) is 0 Å². The van der Waals surface area contributed by atoms with E-state index in [4.69, 9.17) is 11.6 Å². The topological polar surface area (TPSA) is 0 Å². The highest BCUT2D eigenvalue weighted by Crippen LogP contribution is 2.42. The van der Waals surface area contributed by atoms with E-state index in [0.717, 1.165) is 18.8 Å². The van der Waals surface area contributed by atoms with Crippen LogP contribution >= 0.6 is 11.6 Å². The van der Waals surface area contributed by atoms with Crippen LogP contribution in [-0.2, 0) is 0 Å². The summed E-state index contributed by atoms with van der Waals surface area (Å²) in [5.74, 6) is 1.56. The maximum absolute atomic E-state index is 13.5. The fraction of sp³-hybridized carbons (Fsp3) is 1.00. The van der Waals surface area contributed by atoms with Gasteiger partial charge < -0.3 is 0 Å². The van der Waals surface area contributed by atoms with Crippen LogP contribution in [0.3, 0.4) is 0 Å². The minimum Gasteiger partial charge on any atom is -0.246 e. The molecule has 2 saturated carbocycles. The standard InChI is InChI=1S/C13H21ClF2/c1-8-2-4-9(5-3-8)10-6-11(15)13(14)12(16)7-10/h8-13H,2-7H2,1H3. The van der Waals surface area contributed by atoms with Gasteiger partial charge in [0.2, 0.25) is 0 Å². The van der Waals surface area contributed by atoms with Crippen molar-refractivity contribution in [2.24, 2.45) is 17.8 Å². The first-order valence-corrected chi connectivity index (χ1v) is 6.93. The predicted octanol–water partition coefficient (Wildman–Crippen LogP) is 4.51. The molecular weight excluding hydrogens is 230 g/mol. The lowest BCUT2D eigenvalue weighted by Gasteiger charge is -2.38. The van der Waals surface area contributed by atoms with Crippen LogP contribution in [0.2, 0.25) is 0 Å². The zero-order chi connectivity index (χ0) is 11.7. The normalized spacial score (nSPS) is 50.2. The van der Waals surface area contributed by atoms with Crippen molar-refractivity contribution in [1.82, 2.24) is 0 Å². The Morgan fingerprint density at radius 2 is 1.38 bits per heavy atom. The van der Waals surface area contributed by atoms with Gasteiger partial charge in [-0.2, -0.15) is 0 Å². The van der Waals surface area contributed by atoms with Gasteiger partial charge in [0.1, 0.15) is 12.3 Å². The Morgan fingerprint density at radius 1 is 0.875 bits per heavy atom. The SMILES string of the molecule is CC1CCC(C2CC(F)C(Cl)C(F)C2)CC1. The van der Waals surface area contributed by atoms with Crippen molar-refractivity contribution in [1.29, 1.82) is 0 Å². The zero-order valence-corrected chi connectivity index (χ0v) is 10.6. The van der Waals surface area contributed by atoms with Crippen LogP contribution in [0.25, 0.3) is 0 Å². The number of hydrogen-bond donors (Lipinski definition) is 0. The molecule has 2 fully saturated rings. The fourth-order valence-corrected chi connectivity index (χ4v) is 3.51. The van der Waals surface area contributed by atoms with E-state index in [0.29, 0.717) is 18.8 Å². The highest BCUT2D eigenvalue weighted by atomic mass is 35.5. The second kappa shape index (κ2) is 5.20. The molecule has 0 aromatic heterocycles. The highest BCUT2D eigenvalue weighted by Gasteiger charge is 2.40. The zero-order valence-electron chi connectivity index (χ0n) is 9.84. The molecule has 0 heterocycles. The van der Waals surface area contributed by atoms with Crippen molar-refractivity contribution in [3.63, 3.8) is 0 Å². The summed E-state index contributed by atoms with van der Waals surface area (Å²) >= 11 is 5.69. The first kappa shape index (κ1) is 12.6. The number of rotatable bonds is 1. The van der Waals surface area contributed by atoms with Crippen molar-refractivity contribution in [2.75, 3.05) is 0 Å². The summed E-state index contributed by atoms with van der Waals surface area (Å²) in [6.07, 6.45) is 3.42. The third-order valence-corrected chi connectivity index (χ3v) is 5.02. The van der Waals surface area contributed by atoms with Crippen LogP contribution in [0.4, 0.5) is 8.78 Å². The molecule has 0 spiro atoms. The molecule has 2 unspecified atom stereocenters. The van der Waals surface area contributed by atoms with Crippen LogP contribution in [0.15, 0.2) is 0 Å². The molecule has 2 aliphatic carbocycles. The second-order valence-electron chi connectivity index (χ2n) is 5.73. The molecule has 0 bridgehead atoms. The summed E-state index contributed by atoms with van der Waals surface area (Å²) < 4.78 is 27.1. The van der Waals surface area contributed by atoms with E-state index in [1.165, 1.54) is 12.8 Å². The van der Waals surface area contributed by atoms with Crippen molar-refractivity contribution in [3.8, 4) is 0 Å². The Kier molecular flexibility index (Phi) is 4.10. The predicted molar refractivity (Wildman–Crippen MR) is 63.3 cm³/mol. The summed E-state index contributed by atoms with van der Waals surface area (Å²) in [5.41, 5.74) is 0. The van der Waals surface area contributed by atoms with Crippen molar-refractivity contribution in [3.05, 3.63) is 0 Å². The molecule has 0 aliphatic heterocycles. The molecule has 2 aliphatic rings. The molecule has 0 aromatic rings. The van der Waals surface area contributed by atoms with E-state index in [-0.39, 0.29) is 5.92 Å². The first-order valence-electron chi connectivity index (χ1n) is 6.50. The van der Waals surface area contributed by atoms with Gasteiger partial charge in [0.25, 0.3) is 0 Å². The lowest BCUT2D eigenvalue weighted by molar-refractivity contribution is 0.0728. The molecule has 0 radical (unpaired) electrons. The lowest BCUT2D eigenvalue weighted by atomic mass is 9.70. The molecule has 0 amide bonds.